The van der Waals surface area contributed by atoms with Gasteiger partial charge in [-0.3, -0.25) is 14.2 Å². The molecule has 1 heterocycles. The minimum absolute atomic E-state index is 0.0275. The largest absolute Gasteiger partial charge is 0.480 e. The monoisotopic (exact) mass is 468 g/mol. The maximum absolute atomic E-state index is 12.8. The molecule has 0 aliphatic rings. The quantitative estimate of drug-likeness (QED) is 0.554. The van der Waals surface area contributed by atoms with Gasteiger partial charge in [0.2, 0.25) is 5.91 Å². The van der Waals surface area contributed by atoms with E-state index in [2.05, 4.69) is 10.4 Å². The van der Waals surface area contributed by atoms with Crippen LogP contribution in [-0.2, 0) is 35.4 Å². The standard InChI is InChI=1S/C20H16ClF3N4O4/c21-15-6-4-13(5-7-15)18-26-28(19(32)27(18)11-17(30)31)10-16(29)25-9-12-2-1-3-14(8-12)20(22,23)24/h1-8H,9-11H2,(H,25,29)(H,30,31). The molecule has 8 nitrogen and oxygen atoms in total. The molecule has 2 aromatic carbocycles. The number of carbonyl (C=O) groups excluding carboxylic acids is 1. The van der Waals surface area contributed by atoms with Gasteiger partial charge in [0.05, 0.1) is 5.56 Å². The summed E-state index contributed by atoms with van der Waals surface area (Å²) in [6.45, 7) is -1.43. The van der Waals surface area contributed by atoms with Gasteiger partial charge in [-0.15, -0.1) is 5.10 Å². The van der Waals surface area contributed by atoms with Gasteiger partial charge in [-0.25, -0.2) is 9.48 Å². The number of halogens is 4. The Bertz CT molecular complexity index is 1200. The predicted octanol–water partition coefficient (Wildman–Crippen LogP) is 2.79. The highest BCUT2D eigenvalue weighted by Gasteiger charge is 2.30. The Kier molecular flexibility index (Phi) is 6.68. The van der Waals surface area contributed by atoms with Crippen LogP contribution in [0.1, 0.15) is 11.1 Å². The van der Waals surface area contributed by atoms with E-state index in [9.17, 15) is 27.6 Å². The molecule has 3 rings (SSSR count). The summed E-state index contributed by atoms with van der Waals surface area (Å²) in [7, 11) is 0. The van der Waals surface area contributed by atoms with Crippen LogP contribution < -0.4 is 11.0 Å². The van der Waals surface area contributed by atoms with Crippen molar-refractivity contribution in [1.82, 2.24) is 19.7 Å². The molecule has 3 aromatic rings. The van der Waals surface area contributed by atoms with E-state index >= 15 is 0 Å². The third-order valence-electron chi connectivity index (χ3n) is 4.36. The molecule has 0 saturated heterocycles. The van der Waals surface area contributed by atoms with E-state index in [-0.39, 0.29) is 17.9 Å². The summed E-state index contributed by atoms with van der Waals surface area (Å²) < 4.78 is 40.1. The number of amides is 1. The highest BCUT2D eigenvalue weighted by Crippen LogP contribution is 2.29. The molecule has 1 aromatic heterocycles. The van der Waals surface area contributed by atoms with Gasteiger partial charge >= 0.3 is 17.8 Å². The number of hydrogen-bond donors (Lipinski definition) is 2. The number of rotatable bonds is 7. The van der Waals surface area contributed by atoms with Gasteiger partial charge in [0, 0.05) is 17.1 Å². The normalized spacial score (nSPS) is 11.4. The van der Waals surface area contributed by atoms with Crippen LogP contribution in [0.3, 0.4) is 0 Å². The van der Waals surface area contributed by atoms with E-state index < -0.39 is 42.4 Å². The summed E-state index contributed by atoms with van der Waals surface area (Å²) in [5.41, 5.74) is -1.04. The smallest absolute Gasteiger partial charge is 0.416 e. The number of nitrogens with one attached hydrogen (secondary N) is 1. The van der Waals surface area contributed by atoms with Gasteiger partial charge in [-0.1, -0.05) is 23.7 Å². The molecule has 2 N–H and O–H groups in total. The van der Waals surface area contributed by atoms with Crippen molar-refractivity contribution >= 4 is 23.5 Å². The molecule has 12 heteroatoms. The molecule has 0 saturated carbocycles. The summed E-state index contributed by atoms with van der Waals surface area (Å²) in [4.78, 5) is 36.0. The third-order valence-corrected chi connectivity index (χ3v) is 4.61. The van der Waals surface area contributed by atoms with Gasteiger partial charge in [0.25, 0.3) is 0 Å². The van der Waals surface area contributed by atoms with E-state index in [1.54, 1.807) is 12.1 Å². The summed E-state index contributed by atoms with van der Waals surface area (Å²) in [6.07, 6.45) is -4.51. The number of carboxylic acids is 1. The van der Waals surface area contributed by atoms with Crippen LogP contribution in [0, 0.1) is 0 Å². The van der Waals surface area contributed by atoms with Crippen molar-refractivity contribution < 1.29 is 27.9 Å². The fourth-order valence-electron chi connectivity index (χ4n) is 2.88. The van der Waals surface area contributed by atoms with E-state index in [1.807, 2.05) is 0 Å². The van der Waals surface area contributed by atoms with Crippen LogP contribution in [0.5, 0.6) is 0 Å². The molecule has 1 amide bonds. The van der Waals surface area contributed by atoms with Crippen LogP contribution in [-0.4, -0.2) is 31.3 Å². The van der Waals surface area contributed by atoms with Gasteiger partial charge in [-0.2, -0.15) is 13.2 Å². The number of benzene rings is 2. The average molecular weight is 469 g/mol. The Morgan fingerprint density at radius 1 is 1.09 bits per heavy atom. The Labute approximate surface area is 183 Å². The lowest BCUT2D eigenvalue weighted by Crippen LogP contribution is -2.34. The molecule has 0 spiro atoms. The number of carboxylic acid groups (broad SMARTS) is 1. The van der Waals surface area contributed by atoms with Crippen molar-refractivity contribution in [3.63, 3.8) is 0 Å². The fourth-order valence-corrected chi connectivity index (χ4v) is 3.01. The van der Waals surface area contributed by atoms with Crippen LogP contribution >= 0.6 is 11.6 Å². The highest BCUT2D eigenvalue weighted by atomic mass is 35.5. The second-order valence-electron chi connectivity index (χ2n) is 6.73. The SMILES string of the molecule is O=C(O)Cn1c(-c2ccc(Cl)cc2)nn(CC(=O)NCc2cccc(C(F)(F)F)c2)c1=O. The van der Waals surface area contributed by atoms with Crippen molar-refractivity contribution in [3.8, 4) is 11.4 Å². The van der Waals surface area contributed by atoms with Gasteiger partial charge in [-0.05, 0) is 42.0 Å². The molecule has 0 unspecified atom stereocenters. The van der Waals surface area contributed by atoms with Crippen LogP contribution in [0.4, 0.5) is 13.2 Å². The van der Waals surface area contributed by atoms with Crippen LogP contribution in [0.2, 0.25) is 5.02 Å². The minimum Gasteiger partial charge on any atom is -0.480 e. The molecule has 0 atom stereocenters. The van der Waals surface area contributed by atoms with Gasteiger partial charge in [0.15, 0.2) is 5.82 Å². The predicted molar refractivity (Wildman–Crippen MR) is 108 cm³/mol. The Morgan fingerprint density at radius 3 is 2.41 bits per heavy atom. The molecular formula is C20H16ClF3N4O4. The molecule has 0 aliphatic carbocycles. The minimum atomic E-state index is -4.51. The zero-order chi connectivity index (χ0) is 23.5. The number of carbonyl (C=O) groups is 2. The molecule has 32 heavy (non-hydrogen) atoms. The third kappa shape index (κ3) is 5.55. The first-order chi connectivity index (χ1) is 15.0. The van der Waals surface area contributed by atoms with E-state index in [4.69, 9.17) is 16.7 Å². The van der Waals surface area contributed by atoms with Crippen molar-refractivity contribution in [1.29, 1.82) is 0 Å². The first-order valence-electron chi connectivity index (χ1n) is 9.13. The molecule has 0 bridgehead atoms. The zero-order valence-corrected chi connectivity index (χ0v) is 17.0. The van der Waals surface area contributed by atoms with Crippen molar-refractivity contribution in [2.75, 3.05) is 0 Å². The van der Waals surface area contributed by atoms with Gasteiger partial charge in [0.1, 0.15) is 13.1 Å². The lowest BCUT2D eigenvalue weighted by molar-refractivity contribution is -0.138. The second-order valence-corrected chi connectivity index (χ2v) is 7.16. The maximum Gasteiger partial charge on any atom is 0.416 e. The molecular weight excluding hydrogens is 453 g/mol. The number of hydrogen-bond acceptors (Lipinski definition) is 4. The summed E-state index contributed by atoms with van der Waals surface area (Å²) in [5.74, 6) is -1.94. The molecule has 168 valence electrons. The fraction of sp³-hybridized carbons (Fsp3) is 0.200. The Morgan fingerprint density at radius 2 is 1.78 bits per heavy atom. The summed E-state index contributed by atoms with van der Waals surface area (Å²) >= 11 is 5.84. The Hall–Kier alpha value is -3.60. The van der Waals surface area contributed by atoms with Crippen LogP contribution in [0.15, 0.2) is 53.3 Å². The highest BCUT2D eigenvalue weighted by molar-refractivity contribution is 6.30. The van der Waals surface area contributed by atoms with Gasteiger partial charge < -0.3 is 10.4 Å². The topological polar surface area (TPSA) is 106 Å². The lowest BCUT2D eigenvalue weighted by atomic mass is 10.1. The zero-order valence-electron chi connectivity index (χ0n) is 16.3. The molecule has 0 radical (unpaired) electrons. The number of aromatic nitrogens is 3. The lowest BCUT2D eigenvalue weighted by Gasteiger charge is -2.09. The van der Waals surface area contributed by atoms with Crippen molar-refractivity contribution in [2.45, 2.75) is 25.8 Å². The van der Waals surface area contributed by atoms with E-state index in [1.165, 1.54) is 24.3 Å². The number of alkyl halides is 3. The van der Waals surface area contributed by atoms with E-state index in [0.717, 1.165) is 21.4 Å². The van der Waals surface area contributed by atoms with E-state index in [0.29, 0.717) is 10.6 Å². The Balaban J connectivity index is 1.78. The molecule has 0 aliphatic heterocycles. The second kappa shape index (κ2) is 9.27. The first-order valence-corrected chi connectivity index (χ1v) is 9.50. The van der Waals surface area contributed by atoms with Crippen molar-refractivity contribution in [2.24, 2.45) is 0 Å². The van der Waals surface area contributed by atoms with Crippen LogP contribution in [0.25, 0.3) is 11.4 Å². The summed E-state index contributed by atoms with van der Waals surface area (Å²) in [5, 5.41) is 16.0. The average Bonchev–Trinajstić information content (AvgIpc) is 3.01. The van der Waals surface area contributed by atoms with Crippen molar-refractivity contribution in [3.05, 3.63) is 75.2 Å². The molecule has 0 fully saturated rings. The number of aliphatic carboxylic acids is 1. The first kappa shape index (κ1) is 23.1. The maximum atomic E-state index is 12.8. The number of nitrogens with zero attached hydrogens (tertiary/aromatic N) is 3. The summed E-state index contributed by atoms with van der Waals surface area (Å²) in [6, 6.07) is 10.6.